The second-order valence-corrected chi connectivity index (χ2v) is 7.66. The normalized spacial score (nSPS) is 17.7. The summed E-state index contributed by atoms with van der Waals surface area (Å²) in [7, 11) is 0. The fourth-order valence-electron chi connectivity index (χ4n) is 4.06. The van der Waals surface area contributed by atoms with E-state index in [9.17, 15) is 9.59 Å². The molecule has 0 unspecified atom stereocenters. The van der Waals surface area contributed by atoms with Gasteiger partial charge in [0, 0.05) is 31.7 Å². The maximum absolute atomic E-state index is 13.0. The number of benzene rings is 1. The van der Waals surface area contributed by atoms with Crippen LogP contribution < -0.4 is 5.32 Å². The van der Waals surface area contributed by atoms with E-state index in [0.717, 1.165) is 37.7 Å². The summed E-state index contributed by atoms with van der Waals surface area (Å²) >= 11 is 0. The monoisotopic (exact) mass is 366 g/mol. The topological polar surface area (TPSA) is 67.2 Å². The third-order valence-electron chi connectivity index (χ3n) is 5.46. The van der Waals surface area contributed by atoms with Crippen molar-refractivity contribution in [1.82, 2.24) is 20.0 Å². The zero-order valence-electron chi connectivity index (χ0n) is 15.8. The second-order valence-electron chi connectivity index (χ2n) is 7.66. The van der Waals surface area contributed by atoms with Crippen molar-refractivity contribution < 1.29 is 9.59 Å². The zero-order chi connectivity index (χ0) is 18.8. The van der Waals surface area contributed by atoms with Gasteiger partial charge in [-0.15, -0.1) is 0 Å². The van der Waals surface area contributed by atoms with E-state index < -0.39 is 0 Å². The molecule has 1 fully saturated rings. The molecule has 0 bridgehead atoms. The van der Waals surface area contributed by atoms with E-state index >= 15 is 0 Å². The lowest BCUT2D eigenvalue weighted by Gasteiger charge is -2.20. The van der Waals surface area contributed by atoms with Gasteiger partial charge in [-0.1, -0.05) is 42.7 Å². The molecule has 0 spiro atoms. The molecule has 2 heterocycles. The minimum Gasteiger partial charge on any atom is -0.348 e. The summed E-state index contributed by atoms with van der Waals surface area (Å²) < 4.78 is 1.70. The van der Waals surface area contributed by atoms with Crippen molar-refractivity contribution in [2.45, 2.75) is 58.2 Å². The average molecular weight is 366 g/mol. The minimum absolute atomic E-state index is 0.0542. The molecule has 4 rings (SSSR count). The number of carbonyl (C=O) groups excluding carboxylic acids is 2. The van der Waals surface area contributed by atoms with E-state index in [0.29, 0.717) is 31.0 Å². The summed E-state index contributed by atoms with van der Waals surface area (Å²) in [5.41, 5.74) is 3.17. The largest absolute Gasteiger partial charge is 0.348 e. The maximum atomic E-state index is 13.0. The number of fused-ring (bicyclic) bond motifs is 1. The third-order valence-corrected chi connectivity index (χ3v) is 5.46. The van der Waals surface area contributed by atoms with Crippen LogP contribution in [0.4, 0.5) is 0 Å². The van der Waals surface area contributed by atoms with Gasteiger partial charge >= 0.3 is 0 Å². The molecule has 2 aliphatic rings. The van der Waals surface area contributed by atoms with Gasteiger partial charge in [0.2, 0.25) is 0 Å². The molecular weight excluding hydrogens is 340 g/mol. The molecule has 0 saturated heterocycles. The Bertz CT molecular complexity index is 852. The Hall–Kier alpha value is -2.63. The highest BCUT2D eigenvalue weighted by Crippen LogP contribution is 2.20. The van der Waals surface area contributed by atoms with E-state index in [1.54, 1.807) is 10.7 Å². The quantitative estimate of drug-likeness (QED) is 0.905. The summed E-state index contributed by atoms with van der Waals surface area (Å²) in [6.45, 7) is 3.98. The molecule has 1 N–H and O–H groups in total. The number of nitrogens with one attached hydrogen (secondary N) is 1. The van der Waals surface area contributed by atoms with Gasteiger partial charge in [0.05, 0.1) is 0 Å². The molecule has 1 saturated carbocycles. The number of rotatable bonds is 4. The van der Waals surface area contributed by atoms with Crippen molar-refractivity contribution >= 4 is 11.8 Å². The van der Waals surface area contributed by atoms with Crippen molar-refractivity contribution in [3.05, 3.63) is 52.8 Å². The molecule has 2 aromatic rings. The Morgan fingerprint density at radius 3 is 2.78 bits per heavy atom. The summed E-state index contributed by atoms with van der Waals surface area (Å²) in [6, 6.07) is 10.1. The van der Waals surface area contributed by atoms with Crippen LogP contribution in [0, 0.1) is 6.92 Å². The zero-order valence-corrected chi connectivity index (χ0v) is 15.8. The van der Waals surface area contributed by atoms with E-state index in [4.69, 9.17) is 0 Å². The van der Waals surface area contributed by atoms with Gasteiger partial charge in [0.25, 0.3) is 11.8 Å². The minimum atomic E-state index is -0.166. The van der Waals surface area contributed by atoms with Crippen molar-refractivity contribution in [3.8, 4) is 0 Å². The van der Waals surface area contributed by atoms with Crippen molar-refractivity contribution in [3.63, 3.8) is 0 Å². The number of amides is 2. The molecule has 1 aliphatic carbocycles. The van der Waals surface area contributed by atoms with Crippen LogP contribution in [0.25, 0.3) is 0 Å². The van der Waals surface area contributed by atoms with Crippen LogP contribution >= 0.6 is 0 Å². The molecule has 0 atom stereocenters. The molecule has 6 heteroatoms. The van der Waals surface area contributed by atoms with Gasteiger partial charge in [-0.3, -0.25) is 14.3 Å². The van der Waals surface area contributed by atoms with E-state index in [-0.39, 0.29) is 17.9 Å². The van der Waals surface area contributed by atoms with E-state index in [1.807, 2.05) is 17.0 Å². The van der Waals surface area contributed by atoms with Crippen LogP contribution in [0.5, 0.6) is 0 Å². The Balaban J connectivity index is 1.51. The second kappa shape index (κ2) is 7.55. The van der Waals surface area contributed by atoms with Gasteiger partial charge in [-0.25, -0.2) is 0 Å². The highest BCUT2D eigenvalue weighted by molar-refractivity contribution is 5.98. The van der Waals surface area contributed by atoms with Crippen molar-refractivity contribution in [2.24, 2.45) is 0 Å². The lowest BCUT2D eigenvalue weighted by molar-refractivity contribution is 0.0745. The van der Waals surface area contributed by atoms with Crippen molar-refractivity contribution in [1.29, 1.82) is 0 Å². The summed E-state index contributed by atoms with van der Waals surface area (Å²) in [5, 5.41) is 7.47. The first-order chi connectivity index (χ1) is 13.1. The highest BCUT2D eigenvalue weighted by atomic mass is 16.2. The number of aryl methyl sites for hydroxylation is 2. The number of carbonyl (C=O) groups is 2. The number of hydrogen-bond acceptors (Lipinski definition) is 3. The van der Waals surface area contributed by atoms with Crippen LogP contribution in [0.15, 0.2) is 30.3 Å². The lowest BCUT2D eigenvalue weighted by Crippen LogP contribution is -2.33. The molecule has 1 aromatic heterocycles. The average Bonchev–Trinajstić information content (AvgIpc) is 3.27. The van der Waals surface area contributed by atoms with Gasteiger partial charge in [0.1, 0.15) is 5.69 Å². The fourth-order valence-corrected chi connectivity index (χ4v) is 4.06. The van der Waals surface area contributed by atoms with Crippen molar-refractivity contribution in [2.75, 3.05) is 6.54 Å². The number of nitrogens with zero attached hydrogens (tertiary/aromatic N) is 3. The molecular formula is C21H26N4O2. The van der Waals surface area contributed by atoms with Crippen LogP contribution in [-0.4, -0.2) is 39.1 Å². The van der Waals surface area contributed by atoms with Gasteiger partial charge in [-0.05, 0) is 31.7 Å². The summed E-state index contributed by atoms with van der Waals surface area (Å²) in [5.74, 6) is -0.220. The number of aromatic nitrogens is 2. The first-order valence-corrected chi connectivity index (χ1v) is 9.84. The SMILES string of the molecule is Cc1cccc(CN2CCCn3nc(C(=O)NC4CCCC4)cc3C2=O)c1. The Morgan fingerprint density at radius 2 is 2.00 bits per heavy atom. The molecule has 0 radical (unpaired) electrons. The molecule has 1 aliphatic heterocycles. The smallest absolute Gasteiger partial charge is 0.272 e. The molecule has 1 aromatic carbocycles. The standard InChI is InChI=1S/C21H26N4O2/c1-15-6-4-7-16(12-15)14-24-10-5-11-25-19(21(24)27)13-18(23-25)20(26)22-17-8-2-3-9-17/h4,6-7,12-13,17H,2-3,5,8-11,14H2,1H3,(H,22,26). The number of hydrogen-bond donors (Lipinski definition) is 1. The van der Waals surface area contributed by atoms with Gasteiger partial charge in [0.15, 0.2) is 5.69 Å². The predicted molar refractivity (Wildman–Crippen MR) is 102 cm³/mol. The highest BCUT2D eigenvalue weighted by Gasteiger charge is 2.27. The predicted octanol–water partition coefficient (Wildman–Crippen LogP) is 2.91. The van der Waals surface area contributed by atoms with Crippen LogP contribution in [-0.2, 0) is 13.1 Å². The van der Waals surface area contributed by atoms with Gasteiger partial charge < -0.3 is 10.2 Å². The van der Waals surface area contributed by atoms with E-state index in [2.05, 4.69) is 29.5 Å². The van der Waals surface area contributed by atoms with E-state index in [1.165, 1.54) is 5.56 Å². The first kappa shape index (κ1) is 17.8. The molecule has 27 heavy (non-hydrogen) atoms. The van der Waals surface area contributed by atoms with Crippen LogP contribution in [0.2, 0.25) is 0 Å². The van der Waals surface area contributed by atoms with Gasteiger partial charge in [-0.2, -0.15) is 5.10 Å². The summed E-state index contributed by atoms with van der Waals surface area (Å²) in [6.07, 6.45) is 5.22. The Kier molecular flexibility index (Phi) is 4.97. The lowest BCUT2D eigenvalue weighted by atomic mass is 10.1. The molecule has 2 amide bonds. The molecule has 142 valence electrons. The third kappa shape index (κ3) is 3.89. The Morgan fingerprint density at radius 1 is 1.19 bits per heavy atom. The first-order valence-electron chi connectivity index (χ1n) is 9.84. The van der Waals surface area contributed by atoms with Crippen LogP contribution in [0.3, 0.4) is 0 Å². The fraction of sp³-hybridized carbons (Fsp3) is 0.476. The maximum Gasteiger partial charge on any atom is 0.272 e. The summed E-state index contributed by atoms with van der Waals surface area (Å²) in [4.78, 5) is 27.4. The Labute approximate surface area is 159 Å². The molecule has 6 nitrogen and oxygen atoms in total. The van der Waals surface area contributed by atoms with Crippen LogP contribution in [0.1, 0.15) is 64.2 Å².